The molecule has 0 spiro atoms. The maximum Gasteiger partial charge on any atom is 0.243 e. The fourth-order valence-electron chi connectivity index (χ4n) is 3.11. The average molecular weight is 340 g/mol. The number of aromatic nitrogens is 5. The van der Waals surface area contributed by atoms with E-state index in [0.717, 1.165) is 42.7 Å². The first-order valence-electron chi connectivity index (χ1n) is 8.80. The van der Waals surface area contributed by atoms with Crippen LogP contribution in [0.4, 0.5) is 0 Å². The lowest BCUT2D eigenvalue weighted by atomic mass is 10.1. The third-order valence-corrected chi connectivity index (χ3v) is 4.35. The number of hydrogen-bond acceptors (Lipinski definition) is 4. The number of benzene rings is 1. The van der Waals surface area contributed by atoms with Crippen molar-refractivity contribution < 1.29 is 4.79 Å². The zero-order valence-corrected chi connectivity index (χ0v) is 14.7. The predicted octanol–water partition coefficient (Wildman–Crippen LogP) is 2.35. The molecule has 2 aromatic heterocycles. The second kappa shape index (κ2) is 7.92. The van der Waals surface area contributed by atoms with Crippen LogP contribution in [-0.2, 0) is 17.8 Å². The van der Waals surface area contributed by atoms with E-state index in [0.29, 0.717) is 6.54 Å². The van der Waals surface area contributed by atoms with Gasteiger partial charge >= 0.3 is 0 Å². The second-order valence-corrected chi connectivity index (χ2v) is 6.01. The third kappa shape index (κ3) is 3.70. The van der Waals surface area contributed by atoms with Gasteiger partial charge in [0.15, 0.2) is 0 Å². The lowest BCUT2D eigenvalue weighted by Gasteiger charge is -2.20. The topological polar surface area (TPSA) is 77.6 Å². The summed E-state index contributed by atoms with van der Waals surface area (Å²) in [7, 11) is 0. The first kappa shape index (κ1) is 17.1. The van der Waals surface area contributed by atoms with Gasteiger partial charge in [-0.3, -0.25) is 4.79 Å². The molecule has 132 valence electrons. The van der Waals surface area contributed by atoms with Crippen LogP contribution in [0.1, 0.15) is 38.6 Å². The van der Waals surface area contributed by atoms with E-state index in [-0.39, 0.29) is 11.9 Å². The fraction of sp³-hybridized carbons (Fsp3) is 0.444. The molecule has 0 saturated heterocycles. The molecule has 2 heterocycles. The maximum atomic E-state index is 12.8. The summed E-state index contributed by atoms with van der Waals surface area (Å²) >= 11 is 0. The van der Waals surface area contributed by atoms with Crippen LogP contribution in [0.25, 0.3) is 11.0 Å². The van der Waals surface area contributed by atoms with E-state index < -0.39 is 0 Å². The molecule has 7 heteroatoms. The third-order valence-electron chi connectivity index (χ3n) is 4.35. The van der Waals surface area contributed by atoms with Crippen LogP contribution in [-0.4, -0.2) is 36.8 Å². The number of carbonyl (C=O) groups is 1. The van der Waals surface area contributed by atoms with Crippen molar-refractivity contribution in [2.45, 2.75) is 45.7 Å². The molecule has 3 aromatic rings. The Balaban J connectivity index is 1.70. The molecule has 0 radical (unpaired) electrons. The van der Waals surface area contributed by atoms with Gasteiger partial charge in [-0.2, -0.15) is 0 Å². The monoisotopic (exact) mass is 340 g/mol. The smallest absolute Gasteiger partial charge is 0.243 e. The molecule has 0 fully saturated rings. The first-order valence-corrected chi connectivity index (χ1v) is 8.80. The summed E-state index contributed by atoms with van der Waals surface area (Å²) in [6.07, 6.45) is 5.73. The molecule has 25 heavy (non-hydrogen) atoms. The average Bonchev–Trinajstić information content (AvgIpc) is 3.27. The van der Waals surface area contributed by atoms with Crippen LogP contribution in [0.2, 0.25) is 0 Å². The van der Waals surface area contributed by atoms with Crippen molar-refractivity contribution in [3.8, 4) is 0 Å². The Morgan fingerprint density at radius 1 is 1.20 bits per heavy atom. The summed E-state index contributed by atoms with van der Waals surface area (Å²) in [4.78, 5) is 17.4. The molecule has 0 unspecified atom stereocenters. The molecule has 0 saturated carbocycles. The van der Waals surface area contributed by atoms with Gasteiger partial charge in [-0.05, 0) is 25.0 Å². The minimum atomic E-state index is -0.239. The number of fused-ring (bicyclic) bond motifs is 1. The van der Waals surface area contributed by atoms with Gasteiger partial charge < -0.3 is 14.5 Å². The number of para-hydroxylation sites is 2. The lowest BCUT2D eigenvalue weighted by Crippen LogP contribution is -2.34. The normalized spacial score (nSPS) is 12.4. The number of nitrogens with one attached hydrogen (secondary N) is 1. The van der Waals surface area contributed by atoms with Crippen LogP contribution in [0, 0.1) is 0 Å². The van der Waals surface area contributed by atoms with Crippen molar-refractivity contribution >= 4 is 16.9 Å². The highest BCUT2D eigenvalue weighted by Crippen LogP contribution is 2.24. The van der Waals surface area contributed by atoms with E-state index in [1.54, 1.807) is 12.7 Å². The number of rotatable bonds is 8. The van der Waals surface area contributed by atoms with Gasteiger partial charge in [0.25, 0.3) is 0 Å². The molecule has 1 amide bonds. The molecule has 1 atom stereocenters. The molecule has 1 N–H and O–H groups in total. The van der Waals surface area contributed by atoms with E-state index in [4.69, 9.17) is 0 Å². The number of nitrogens with zero attached hydrogens (tertiary/aromatic N) is 5. The zero-order chi connectivity index (χ0) is 17.6. The minimum Gasteiger partial charge on any atom is -0.354 e. The highest BCUT2D eigenvalue weighted by atomic mass is 16.2. The largest absolute Gasteiger partial charge is 0.354 e. The van der Waals surface area contributed by atoms with Crippen LogP contribution in [0.5, 0.6) is 0 Å². The lowest BCUT2D eigenvalue weighted by molar-refractivity contribution is -0.124. The van der Waals surface area contributed by atoms with Crippen LogP contribution in [0.3, 0.4) is 0 Å². The second-order valence-electron chi connectivity index (χ2n) is 6.01. The van der Waals surface area contributed by atoms with Crippen molar-refractivity contribution in [2.24, 2.45) is 0 Å². The van der Waals surface area contributed by atoms with Crippen molar-refractivity contribution in [1.29, 1.82) is 0 Å². The van der Waals surface area contributed by atoms with Gasteiger partial charge in [0.05, 0.1) is 11.0 Å². The Kier molecular flexibility index (Phi) is 5.42. The summed E-state index contributed by atoms with van der Waals surface area (Å²) in [6, 6.07) is 7.75. The van der Waals surface area contributed by atoms with Gasteiger partial charge in [0.2, 0.25) is 5.91 Å². The van der Waals surface area contributed by atoms with Crippen molar-refractivity contribution in [2.75, 3.05) is 6.54 Å². The summed E-state index contributed by atoms with van der Waals surface area (Å²) < 4.78 is 3.99. The van der Waals surface area contributed by atoms with Crippen LogP contribution in [0.15, 0.2) is 36.9 Å². The number of carbonyl (C=O) groups excluding carboxylic acids is 1. The Morgan fingerprint density at radius 3 is 2.68 bits per heavy atom. The van der Waals surface area contributed by atoms with E-state index in [2.05, 4.69) is 32.0 Å². The SMILES string of the molecule is CCc1nc2ccccc2n1[C@H](CC)C(=O)NCCCn1cnnc1. The zero-order valence-electron chi connectivity index (χ0n) is 14.7. The Bertz CT molecular complexity index is 823. The summed E-state index contributed by atoms with van der Waals surface area (Å²) in [5.74, 6) is 0.997. The maximum absolute atomic E-state index is 12.8. The highest BCUT2D eigenvalue weighted by Gasteiger charge is 2.23. The predicted molar refractivity (Wildman–Crippen MR) is 96.1 cm³/mol. The number of imidazole rings is 1. The number of hydrogen-bond donors (Lipinski definition) is 1. The van der Waals surface area contributed by atoms with Gasteiger partial charge in [0.1, 0.15) is 24.5 Å². The van der Waals surface area contributed by atoms with E-state index >= 15 is 0 Å². The summed E-state index contributed by atoms with van der Waals surface area (Å²) in [6.45, 7) is 5.52. The van der Waals surface area contributed by atoms with Crippen LogP contribution < -0.4 is 5.32 Å². The summed E-state index contributed by atoms with van der Waals surface area (Å²) in [5.41, 5.74) is 1.96. The van der Waals surface area contributed by atoms with Crippen molar-refractivity contribution in [3.05, 3.63) is 42.7 Å². The molecule has 0 aliphatic heterocycles. The fourth-order valence-corrected chi connectivity index (χ4v) is 3.11. The molecule has 0 aliphatic rings. The quantitative estimate of drug-likeness (QED) is 0.639. The standard InChI is InChI=1S/C18H24N6O/c1-3-15(18(25)19-10-7-11-23-12-20-21-13-23)24-16-9-6-5-8-14(16)22-17(24)4-2/h5-6,8-9,12-13,15H,3-4,7,10-11H2,1-2H3,(H,19,25)/t15-/m1/s1. The van der Waals surface area contributed by atoms with E-state index in [1.165, 1.54) is 0 Å². The van der Waals surface area contributed by atoms with Crippen LogP contribution >= 0.6 is 0 Å². The molecule has 3 rings (SSSR count). The first-order chi connectivity index (χ1) is 12.2. The Morgan fingerprint density at radius 2 is 1.96 bits per heavy atom. The van der Waals surface area contributed by atoms with Crippen molar-refractivity contribution in [3.63, 3.8) is 0 Å². The minimum absolute atomic E-state index is 0.0455. The van der Waals surface area contributed by atoms with Crippen molar-refractivity contribution in [1.82, 2.24) is 29.6 Å². The van der Waals surface area contributed by atoms with Gasteiger partial charge in [-0.25, -0.2) is 4.98 Å². The Hall–Kier alpha value is -2.70. The highest BCUT2D eigenvalue weighted by molar-refractivity contribution is 5.84. The molecule has 1 aromatic carbocycles. The van der Waals surface area contributed by atoms with E-state index in [1.807, 2.05) is 35.8 Å². The molecular weight excluding hydrogens is 316 g/mol. The van der Waals surface area contributed by atoms with Gasteiger partial charge in [-0.1, -0.05) is 26.0 Å². The molecule has 0 bridgehead atoms. The number of aryl methyl sites for hydroxylation is 2. The molecule has 7 nitrogen and oxygen atoms in total. The van der Waals surface area contributed by atoms with Gasteiger partial charge in [0, 0.05) is 19.5 Å². The van der Waals surface area contributed by atoms with E-state index in [9.17, 15) is 4.79 Å². The summed E-state index contributed by atoms with van der Waals surface area (Å²) in [5, 5.41) is 10.6. The molecular formula is C18H24N6O. The molecule has 0 aliphatic carbocycles. The number of amides is 1. The van der Waals surface area contributed by atoms with Gasteiger partial charge in [-0.15, -0.1) is 10.2 Å². The Labute approximate surface area is 147 Å².